The van der Waals surface area contributed by atoms with E-state index in [9.17, 15) is 14.4 Å². The van der Waals surface area contributed by atoms with Gasteiger partial charge in [-0.25, -0.2) is 0 Å². The fourth-order valence-corrected chi connectivity index (χ4v) is 4.01. The molecule has 140 valence electrons. The summed E-state index contributed by atoms with van der Waals surface area (Å²) in [5.74, 6) is -0.319. The van der Waals surface area contributed by atoms with Crippen LogP contribution in [0.15, 0.2) is 24.3 Å². The Morgan fingerprint density at radius 3 is 2.69 bits per heavy atom. The van der Waals surface area contributed by atoms with E-state index in [2.05, 4.69) is 5.32 Å². The van der Waals surface area contributed by atoms with E-state index in [1.807, 2.05) is 38.1 Å². The molecular weight excluding hydrogens is 330 g/mol. The predicted molar refractivity (Wildman–Crippen MR) is 99.3 cm³/mol. The maximum absolute atomic E-state index is 13.4. The summed E-state index contributed by atoms with van der Waals surface area (Å²) in [6.07, 6.45) is 2.27. The lowest BCUT2D eigenvalue weighted by Gasteiger charge is -2.36. The third kappa shape index (κ3) is 3.32. The second-order valence-electron chi connectivity index (χ2n) is 7.31. The molecule has 1 aromatic rings. The average molecular weight is 357 g/mol. The molecule has 0 aromatic heterocycles. The predicted octanol–water partition coefficient (Wildman–Crippen LogP) is 2.39. The first kappa shape index (κ1) is 18.4. The topological polar surface area (TPSA) is 69.7 Å². The molecule has 1 aromatic carbocycles. The molecule has 0 bridgehead atoms. The highest BCUT2D eigenvalue weighted by Gasteiger charge is 2.42. The first-order valence-electron chi connectivity index (χ1n) is 9.40. The first-order chi connectivity index (χ1) is 12.4. The van der Waals surface area contributed by atoms with Crippen LogP contribution in [0.3, 0.4) is 0 Å². The largest absolute Gasteiger partial charge is 0.331 e. The smallest absolute Gasteiger partial charge is 0.247 e. The maximum Gasteiger partial charge on any atom is 0.247 e. The van der Waals surface area contributed by atoms with Gasteiger partial charge in [0.05, 0.1) is 0 Å². The van der Waals surface area contributed by atoms with Crippen LogP contribution < -0.4 is 5.32 Å². The van der Waals surface area contributed by atoms with E-state index in [0.29, 0.717) is 19.5 Å². The van der Waals surface area contributed by atoms with Gasteiger partial charge in [-0.1, -0.05) is 38.5 Å². The maximum atomic E-state index is 13.4. The molecule has 2 aliphatic rings. The number of amides is 3. The summed E-state index contributed by atoms with van der Waals surface area (Å²) in [6.45, 7) is 6.51. The van der Waals surface area contributed by atoms with Crippen LogP contribution >= 0.6 is 0 Å². The van der Waals surface area contributed by atoms with Crippen LogP contribution in [0.1, 0.15) is 45.6 Å². The van der Waals surface area contributed by atoms with Gasteiger partial charge in [0.15, 0.2) is 0 Å². The quantitative estimate of drug-likeness (QED) is 0.903. The number of hydrogen-bond acceptors (Lipinski definition) is 3. The van der Waals surface area contributed by atoms with E-state index in [4.69, 9.17) is 0 Å². The minimum absolute atomic E-state index is 0.0282. The minimum Gasteiger partial charge on any atom is -0.331 e. The molecule has 3 amide bonds. The van der Waals surface area contributed by atoms with E-state index in [-0.39, 0.29) is 23.6 Å². The third-order valence-electron chi connectivity index (χ3n) is 5.63. The summed E-state index contributed by atoms with van der Waals surface area (Å²) in [6, 6.07) is 6.60. The van der Waals surface area contributed by atoms with Crippen molar-refractivity contribution in [1.82, 2.24) is 9.80 Å². The molecule has 1 saturated heterocycles. The highest BCUT2D eigenvalue weighted by atomic mass is 16.2. The first-order valence-corrected chi connectivity index (χ1v) is 9.40. The molecule has 6 nitrogen and oxygen atoms in total. The van der Waals surface area contributed by atoms with Crippen LogP contribution in [0, 0.1) is 5.92 Å². The summed E-state index contributed by atoms with van der Waals surface area (Å²) in [5.41, 5.74) is 1.68. The lowest BCUT2D eigenvalue weighted by atomic mass is 9.95. The van der Waals surface area contributed by atoms with Gasteiger partial charge in [0.1, 0.15) is 12.1 Å². The monoisotopic (exact) mass is 357 g/mol. The molecule has 2 heterocycles. The number of fused-ring (bicyclic) bond motifs is 1. The van der Waals surface area contributed by atoms with Crippen molar-refractivity contribution in [2.24, 2.45) is 5.92 Å². The number of nitrogens with zero attached hydrogens (tertiary/aromatic N) is 2. The number of hydrogen-bond donors (Lipinski definition) is 1. The van der Waals surface area contributed by atoms with E-state index in [1.165, 1.54) is 6.92 Å². The van der Waals surface area contributed by atoms with Gasteiger partial charge >= 0.3 is 0 Å². The van der Waals surface area contributed by atoms with Gasteiger partial charge in [-0.05, 0) is 30.4 Å². The van der Waals surface area contributed by atoms with Crippen molar-refractivity contribution in [3.8, 4) is 0 Å². The molecule has 0 aliphatic carbocycles. The molecule has 6 heteroatoms. The second kappa shape index (κ2) is 7.48. The zero-order valence-electron chi connectivity index (χ0n) is 15.7. The average Bonchev–Trinajstić information content (AvgIpc) is 3.06. The Labute approximate surface area is 154 Å². The molecule has 0 radical (unpaired) electrons. The summed E-state index contributed by atoms with van der Waals surface area (Å²) in [5, 5.41) is 2.98. The van der Waals surface area contributed by atoms with Gasteiger partial charge in [-0.15, -0.1) is 0 Å². The number of para-hydroxylation sites is 1. The highest BCUT2D eigenvalue weighted by Crippen LogP contribution is 2.30. The number of anilines is 1. The van der Waals surface area contributed by atoms with Gasteiger partial charge < -0.3 is 15.1 Å². The normalized spacial score (nSPS) is 23.9. The Hall–Kier alpha value is -2.37. The van der Waals surface area contributed by atoms with Crippen LogP contribution in [-0.2, 0) is 20.9 Å². The van der Waals surface area contributed by atoms with Gasteiger partial charge in [0.2, 0.25) is 17.7 Å². The van der Waals surface area contributed by atoms with E-state index in [1.54, 1.807) is 9.80 Å². The molecule has 0 spiro atoms. The summed E-state index contributed by atoms with van der Waals surface area (Å²) in [7, 11) is 0. The number of nitrogens with one attached hydrogen (secondary N) is 1. The summed E-state index contributed by atoms with van der Waals surface area (Å²) < 4.78 is 0. The Morgan fingerprint density at radius 1 is 1.27 bits per heavy atom. The van der Waals surface area contributed by atoms with Crippen molar-refractivity contribution >= 4 is 23.4 Å². The van der Waals surface area contributed by atoms with E-state index >= 15 is 0 Å². The van der Waals surface area contributed by atoms with Crippen LogP contribution in [0.4, 0.5) is 5.69 Å². The van der Waals surface area contributed by atoms with Gasteiger partial charge in [0, 0.05) is 25.7 Å². The molecule has 3 atom stereocenters. The van der Waals surface area contributed by atoms with Crippen molar-refractivity contribution in [2.45, 2.75) is 58.7 Å². The number of benzene rings is 1. The van der Waals surface area contributed by atoms with E-state index in [0.717, 1.165) is 24.1 Å². The molecule has 26 heavy (non-hydrogen) atoms. The van der Waals surface area contributed by atoms with Crippen LogP contribution in [0.2, 0.25) is 0 Å². The molecular formula is C20H27N3O3. The minimum atomic E-state index is -0.533. The molecule has 1 N–H and O–H groups in total. The number of likely N-dealkylation sites (tertiary alicyclic amines) is 1. The number of carbonyl (C=O) groups is 3. The summed E-state index contributed by atoms with van der Waals surface area (Å²) in [4.78, 5) is 41.6. The SMILES string of the molecule is CCC(C)C1C(=O)Nc2ccccc2CN1C(=O)[C@H]1CCCN1C(C)=O. The Bertz CT molecular complexity index is 718. The number of carbonyl (C=O) groups excluding carboxylic acids is 3. The lowest BCUT2D eigenvalue weighted by molar-refractivity contribution is -0.148. The van der Waals surface area contributed by atoms with Crippen LogP contribution in [-0.4, -0.2) is 46.1 Å². The fraction of sp³-hybridized carbons (Fsp3) is 0.550. The Kier molecular flexibility index (Phi) is 5.30. The number of rotatable bonds is 3. The van der Waals surface area contributed by atoms with Gasteiger partial charge in [-0.3, -0.25) is 14.4 Å². The second-order valence-corrected chi connectivity index (χ2v) is 7.31. The van der Waals surface area contributed by atoms with Crippen molar-refractivity contribution < 1.29 is 14.4 Å². The zero-order chi connectivity index (χ0) is 18.8. The standard InChI is InChI=1S/C20H27N3O3/c1-4-13(2)18-19(25)21-16-9-6-5-8-15(16)12-23(18)20(26)17-10-7-11-22(17)14(3)24/h5-6,8-9,13,17-18H,4,7,10-12H2,1-3H3,(H,21,25)/t13?,17-,18?/m1/s1. The summed E-state index contributed by atoms with van der Waals surface area (Å²) >= 11 is 0. The van der Waals surface area contributed by atoms with E-state index < -0.39 is 12.1 Å². The fourth-order valence-electron chi connectivity index (χ4n) is 4.01. The zero-order valence-corrected chi connectivity index (χ0v) is 15.7. The van der Waals surface area contributed by atoms with Crippen LogP contribution in [0.25, 0.3) is 0 Å². The lowest BCUT2D eigenvalue weighted by Crippen LogP contribution is -2.54. The van der Waals surface area contributed by atoms with Crippen molar-refractivity contribution in [1.29, 1.82) is 0 Å². The molecule has 1 fully saturated rings. The van der Waals surface area contributed by atoms with Crippen molar-refractivity contribution in [3.05, 3.63) is 29.8 Å². The van der Waals surface area contributed by atoms with Crippen molar-refractivity contribution in [2.75, 3.05) is 11.9 Å². The molecule has 2 unspecified atom stereocenters. The molecule has 2 aliphatic heterocycles. The molecule has 0 saturated carbocycles. The van der Waals surface area contributed by atoms with Crippen molar-refractivity contribution in [3.63, 3.8) is 0 Å². The Balaban J connectivity index is 1.98. The highest BCUT2D eigenvalue weighted by molar-refractivity contribution is 6.00. The molecule has 3 rings (SSSR count). The van der Waals surface area contributed by atoms with Gasteiger partial charge in [-0.2, -0.15) is 0 Å². The third-order valence-corrected chi connectivity index (χ3v) is 5.63. The van der Waals surface area contributed by atoms with Crippen LogP contribution in [0.5, 0.6) is 0 Å². The Morgan fingerprint density at radius 2 is 2.00 bits per heavy atom. The van der Waals surface area contributed by atoms with Gasteiger partial charge in [0.25, 0.3) is 0 Å².